The van der Waals surface area contributed by atoms with Crippen LogP contribution >= 0.6 is 0 Å². The van der Waals surface area contributed by atoms with Gasteiger partial charge in [-0.3, -0.25) is 0 Å². The minimum atomic E-state index is -2.95. The van der Waals surface area contributed by atoms with Gasteiger partial charge in [0.1, 0.15) is 0 Å². The van der Waals surface area contributed by atoms with Crippen LogP contribution in [0.1, 0.15) is 66.2 Å². The molecule has 2 atom stereocenters. The van der Waals surface area contributed by atoms with Crippen LogP contribution in [0.2, 0.25) is 0 Å². The highest BCUT2D eigenvalue weighted by Gasteiger charge is 2.30. The Balaban J connectivity index is 4.75. The van der Waals surface area contributed by atoms with Crippen molar-refractivity contribution in [3.63, 3.8) is 0 Å². The first-order chi connectivity index (χ1) is 8.53. The highest BCUT2D eigenvalue weighted by molar-refractivity contribution is 7.92. The Bertz CT molecular complexity index is 288. The van der Waals surface area contributed by atoms with Gasteiger partial charge < -0.3 is 5.32 Å². The van der Waals surface area contributed by atoms with Gasteiger partial charge in [0.05, 0.1) is 11.0 Å². The van der Waals surface area contributed by atoms with E-state index in [9.17, 15) is 8.42 Å². The fourth-order valence-corrected chi connectivity index (χ4v) is 4.58. The maximum absolute atomic E-state index is 12.4. The van der Waals surface area contributed by atoms with Gasteiger partial charge in [-0.25, -0.2) is 8.42 Å². The molecule has 0 aromatic rings. The van der Waals surface area contributed by atoms with E-state index in [0.29, 0.717) is 12.2 Å². The number of hydrogen-bond acceptors (Lipinski definition) is 3. The Morgan fingerprint density at radius 3 is 2.11 bits per heavy atom. The first kappa shape index (κ1) is 17.9. The van der Waals surface area contributed by atoms with E-state index >= 15 is 0 Å². The van der Waals surface area contributed by atoms with Crippen LogP contribution in [-0.4, -0.2) is 32.0 Å². The Hall–Kier alpha value is -0.0900. The summed E-state index contributed by atoms with van der Waals surface area (Å²) in [5.41, 5.74) is 0. The molecule has 2 unspecified atom stereocenters. The molecule has 0 aromatic heterocycles. The van der Waals surface area contributed by atoms with Crippen molar-refractivity contribution in [3.05, 3.63) is 0 Å². The second kappa shape index (κ2) is 9.79. The third kappa shape index (κ3) is 6.19. The van der Waals surface area contributed by atoms with Crippen LogP contribution in [-0.2, 0) is 9.84 Å². The van der Waals surface area contributed by atoms with Gasteiger partial charge in [-0.15, -0.1) is 0 Å². The van der Waals surface area contributed by atoms with Crippen molar-refractivity contribution < 1.29 is 8.42 Å². The quantitative estimate of drug-likeness (QED) is 0.631. The lowest BCUT2D eigenvalue weighted by Gasteiger charge is -2.27. The zero-order valence-corrected chi connectivity index (χ0v) is 13.4. The third-order valence-electron chi connectivity index (χ3n) is 3.35. The van der Waals surface area contributed by atoms with E-state index in [0.717, 1.165) is 38.6 Å². The molecule has 0 heterocycles. The molecule has 18 heavy (non-hydrogen) atoms. The average molecular weight is 277 g/mol. The largest absolute Gasteiger partial charge is 0.313 e. The number of hydrogen-bond donors (Lipinski definition) is 1. The monoisotopic (exact) mass is 277 g/mol. The van der Waals surface area contributed by atoms with E-state index in [-0.39, 0.29) is 11.3 Å². The van der Waals surface area contributed by atoms with Crippen LogP contribution in [0.3, 0.4) is 0 Å². The van der Waals surface area contributed by atoms with E-state index in [1.165, 1.54) is 0 Å². The summed E-state index contributed by atoms with van der Waals surface area (Å²) in [6.07, 6.45) is 5.46. The molecule has 0 amide bonds. The van der Waals surface area contributed by atoms with Crippen molar-refractivity contribution in [1.29, 1.82) is 0 Å². The van der Waals surface area contributed by atoms with E-state index in [1.807, 2.05) is 13.8 Å². The fraction of sp³-hybridized carbons (Fsp3) is 1.00. The van der Waals surface area contributed by atoms with Gasteiger partial charge in [-0.1, -0.05) is 40.5 Å². The molecule has 0 rings (SSSR count). The maximum Gasteiger partial charge on any atom is 0.154 e. The summed E-state index contributed by atoms with van der Waals surface area (Å²) in [6.45, 7) is 9.17. The summed E-state index contributed by atoms with van der Waals surface area (Å²) in [5.74, 6) is 0.343. The minimum absolute atomic E-state index is 0.127. The molecule has 0 aliphatic carbocycles. The van der Waals surface area contributed by atoms with Crippen molar-refractivity contribution in [2.24, 2.45) is 0 Å². The average Bonchev–Trinajstić information content (AvgIpc) is 2.34. The maximum atomic E-state index is 12.4. The molecule has 0 bridgehead atoms. The topological polar surface area (TPSA) is 46.2 Å². The van der Waals surface area contributed by atoms with Crippen molar-refractivity contribution >= 4 is 9.84 Å². The molecule has 0 aliphatic heterocycles. The molecule has 0 fully saturated rings. The zero-order valence-electron chi connectivity index (χ0n) is 12.5. The van der Waals surface area contributed by atoms with E-state index < -0.39 is 9.84 Å². The molecule has 0 radical (unpaired) electrons. The van der Waals surface area contributed by atoms with E-state index in [4.69, 9.17) is 0 Å². The Morgan fingerprint density at radius 2 is 1.67 bits per heavy atom. The fourth-order valence-electron chi connectivity index (χ4n) is 2.35. The van der Waals surface area contributed by atoms with Gasteiger partial charge >= 0.3 is 0 Å². The van der Waals surface area contributed by atoms with Crippen molar-refractivity contribution in [2.75, 3.05) is 12.3 Å². The SMILES string of the molecule is CCCCS(=O)(=O)C(CC)C(CCC)NCCC. The van der Waals surface area contributed by atoms with Crippen molar-refractivity contribution in [2.45, 2.75) is 77.5 Å². The lowest BCUT2D eigenvalue weighted by atomic mass is 10.1. The molecule has 4 heteroatoms. The Labute approximate surface area is 114 Å². The molecular weight excluding hydrogens is 246 g/mol. The molecule has 110 valence electrons. The van der Waals surface area contributed by atoms with Crippen LogP contribution < -0.4 is 5.32 Å². The minimum Gasteiger partial charge on any atom is -0.313 e. The summed E-state index contributed by atoms with van der Waals surface area (Å²) < 4.78 is 24.7. The molecule has 0 saturated heterocycles. The van der Waals surface area contributed by atoms with Crippen LogP contribution in [0.25, 0.3) is 0 Å². The van der Waals surface area contributed by atoms with Gasteiger partial charge in [0.15, 0.2) is 9.84 Å². The number of unbranched alkanes of at least 4 members (excludes halogenated alkanes) is 1. The lowest BCUT2D eigenvalue weighted by Crippen LogP contribution is -2.45. The molecule has 0 spiro atoms. The Kier molecular flexibility index (Phi) is 9.74. The summed E-state index contributed by atoms with van der Waals surface area (Å²) >= 11 is 0. The summed E-state index contributed by atoms with van der Waals surface area (Å²) in [5, 5.41) is 3.21. The smallest absolute Gasteiger partial charge is 0.154 e. The molecular formula is C14H31NO2S. The van der Waals surface area contributed by atoms with Gasteiger partial charge in [-0.2, -0.15) is 0 Å². The number of nitrogens with one attached hydrogen (secondary N) is 1. The molecule has 0 saturated carbocycles. The first-order valence-electron chi connectivity index (χ1n) is 7.48. The van der Waals surface area contributed by atoms with Crippen LogP contribution in [0.15, 0.2) is 0 Å². The van der Waals surface area contributed by atoms with Crippen LogP contribution in [0.4, 0.5) is 0 Å². The summed E-state index contributed by atoms with van der Waals surface area (Å²) in [6, 6.07) is 0.127. The summed E-state index contributed by atoms with van der Waals surface area (Å²) in [7, 11) is -2.95. The zero-order chi connectivity index (χ0) is 14.0. The predicted molar refractivity (Wildman–Crippen MR) is 79.8 cm³/mol. The van der Waals surface area contributed by atoms with Gasteiger partial charge in [-0.05, 0) is 32.2 Å². The molecule has 1 N–H and O–H groups in total. The van der Waals surface area contributed by atoms with Gasteiger partial charge in [0, 0.05) is 6.04 Å². The third-order valence-corrected chi connectivity index (χ3v) is 5.79. The van der Waals surface area contributed by atoms with Gasteiger partial charge in [0.2, 0.25) is 0 Å². The first-order valence-corrected chi connectivity index (χ1v) is 9.19. The second-order valence-corrected chi connectivity index (χ2v) is 7.36. The second-order valence-electron chi connectivity index (χ2n) is 5.02. The number of sulfone groups is 1. The Morgan fingerprint density at radius 1 is 1.00 bits per heavy atom. The van der Waals surface area contributed by atoms with E-state index in [1.54, 1.807) is 0 Å². The summed E-state index contributed by atoms with van der Waals surface area (Å²) in [4.78, 5) is 0. The van der Waals surface area contributed by atoms with Crippen molar-refractivity contribution in [1.82, 2.24) is 5.32 Å². The van der Waals surface area contributed by atoms with Crippen LogP contribution in [0, 0.1) is 0 Å². The molecule has 0 aliphatic rings. The molecule has 0 aromatic carbocycles. The molecule has 3 nitrogen and oxygen atoms in total. The highest BCUT2D eigenvalue weighted by Crippen LogP contribution is 2.17. The van der Waals surface area contributed by atoms with E-state index in [2.05, 4.69) is 19.2 Å². The standard InChI is InChI=1S/C14H31NO2S/c1-5-9-12-18(16,17)14(8-4)13(10-6-2)15-11-7-3/h13-15H,5-12H2,1-4H3. The van der Waals surface area contributed by atoms with Gasteiger partial charge in [0.25, 0.3) is 0 Å². The predicted octanol–water partition coefficient (Wildman–Crippen LogP) is 3.15. The van der Waals surface area contributed by atoms with Crippen molar-refractivity contribution in [3.8, 4) is 0 Å². The lowest BCUT2D eigenvalue weighted by molar-refractivity contribution is 0.436. The normalized spacial score (nSPS) is 15.6. The number of rotatable bonds is 11. The van der Waals surface area contributed by atoms with Crippen LogP contribution in [0.5, 0.6) is 0 Å². The highest BCUT2D eigenvalue weighted by atomic mass is 32.2.